The molecule has 1 saturated heterocycles. The number of nitrogens with zero attached hydrogens (tertiary/aromatic N) is 1. The number of sulfonamides is 1. The van der Waals surface area contributed by atoms with Crippen molar-refractivity contribution >= 4 is 83.9 Å². The molecule has 4 amide bonds. The molecule has 0 saturated carbocycles. The highest BCUT2D eigenvalue weighted by Gasteiger charge is 2.33. The molecule has 0 unspecified atom stereocenters. The highest BCUT2D eigenvalue weighted by atomic mass is 79.9. The van der Waals surface area contributed by atoms with Gasteiger partial charge in [-0.3, -0.25) is 14.5 Å². The Morgan fingerprint density at radius 1 is 1.12 bits per heavy atom. The van der Waals surface area contributed by atoms with Gasteiger partial charge in [0.05, 0.1) is 9.80 Å². The summed E-state index contributed by atoms with van der Waals surface area (Å²) in [7, 11) is -4.09. The number of rotatable bonds is 6. The zero-order chi connectivity index (χ0) is 23.5. The van der Waals surface area contributed by atoms with Gasteiger partial charge >= 0.3 is 6.03 Å². The highest BCUT2D eigenvalue weighted by Crippen LogP contribution is 2.32. The molecule has 2 aromatic carbocycles. The van der Waals surface area contributed by atoms with Crippen molar-refractivity contribution in [2.45, 2.75) is 4.90 Å². The van der Waals surface area contributed by atoms with Crippen molar-refractivity contribution in [2.75, 3.05) is 11.9 Å². The molecule has 0 bridgehead atoms. The lowest BCUT2D eigenvalue weighted by atomic mass is 10.2. The fourth-order valence-corrected chi connectivity index (χ4v) is 5.00. The minimum absolute atomic E-state index is 0.204. The van der Waals surface area contributed by atoms with Crippen LogP contribution in [0.1, 0.15) is 5.56 Å². The maximum Gasteiger partial charge on any atom is 0.326 e. The second-order valence-corrected chi connectivity index (χ2v) is 10.6. The van der Waals surface area contributed by atoms with Gasteiger partial charge in [0.15, 0.2) is 0 Å². The van der Waals surface area contributed by atoms with Crippen LogP contribution >= 0.6 is 39.9 Å². The molecule has 32 heavy (non-hydrogen) atoms. The Kier molecular flexibility index (Phi) is 7.33. The van der Waals surface area contributed by atoms with Crippen LogP contribution in [-0.4, -0.2) is 42.0 Å². The zero-order valence-electron chi connectivity index (χ0n) is 16.1. The van der Waals surface area contributed by atoms with Crippen LogP contribution in [-0.2, 0) is 19.6 Å². The maximum atomic E-state index is 12.7. The fourth-order valence-electron chi connectivity index (χ4n) is 2.60. The minimum Gasteiger partial charge on any atom is -0.351 e. The van der Waals surface area contributed by atoms with E-state index in [0.29, 0.717) is 10.6 Å². The third-order valence-corrected chi connectivity index (χ3v) is 7.30. The number of amides is 4. The number of hydrogen-bond donors (Lipinski definition) is 3. The van der Waals surface area contributed by atoms with Crippen LogP contribution in [0.5, 0.6) is 0 Å². The molecule has 3 rings (SSSR count). The van der Waals surface area contributed by atoms with Crippen molar-refractivity contribution in [3.8, 4) is 0 Å². The van der Waals surface area contributed by atoms with Crippen LogP contribution < -0.4 is 15.8 Å². The van der Waals surface area contributed by atoms with Gasteiger partial charge in [0.2, 0.25) is 5.91 Å². The van der Waals surface area contributed by atoms with Crippen LogP contribution in [0.25, 0.3) is 6.08 Å². The Morgan fingerprint density at radius 3 is 2.34 bits per heavy atom. The highest BCUT2D eigenvalue weighted by molar-refractivity contribution is 9.10. The summed E-state index contributed by atoms with van der Waals surface area (Å²) in [6, 6.07) is 11.2. The topological polar surface area (TPSA) is 139 Å². The van der Waals surface area contributed by atoms with Crippen LogP contribution in [0.2, 0.25) is 0 Å². The Labute approximate surface area is 201 Å². The first-order valence-electron chi connectivity index (χ1n) is 8.78. The summed E-state index contributed by atoms with van der Waals surface area (Å²) >= 11 is 9.69. The number of benzene rings is 2. The molecule has 1 aliphatic rings. The van der Waals surface area contributed by atoms with E-state index >= 15 is 0 Å². The number of urea groups is 1. The Balaban J connectivity index is 1.64. The predicted octanol–water partition coefficient (Wildman–Crippen LogP) is 2.65. The number of thioether (sulfide) groups is 1. The van der Waals surface area contributed by atoms with Crippen molar-refractivity contribution in [3.63, 3.8) is 0 Å². The van der Waals surface area contributed by atoms with Gasteiger partial charge in [-0.25, -0.2) is 17.9 Å². The molecular formula is C19H15BrN4O5S3. The molecule has 2 aromatic rings. The molecule has 4 N–H and O–H groups in total. The van der Waals surface area contributed by atoms with E-state index in [1.165, 1.54) is 29.2 Å². The maximum absolute atomic E-state index is 12.7. The molecule has 9 nitrogen and oxygen atoms in total. The normalized spacial score (nSPS) is 15.2. The second kappa shape index (κ2) is 9.81. The van der Waals surface area contributed by atoms with Crippen molar-refractivity contribution < 1.29 is 22.8 Å². The largest absolute Gasteiger partial charge is 0.351 e. The smallest absolute Gasteiger partial charge is 0.326 e. The van der Waals surface area contributed by atoms with Crippen molar-refractivity contribution in [1.82, 2.24) is 9.62 Å². The monoisotopic (exact) mass is 554 g/mol. The average Bonchev–Trinajstić information content (AvgIpc) is 2.96. The standard InChI is InChI=1S/C19H15BrN4O5S3/c20-12-3-1-11(2-4-12)9-15-17(26)24(19(30)31-15)10-16(25)22-13-5-7-14(8-6-13)32(28,29)23-18(21)27/h1-9H,10H2,(H,22,25)(H3,21,23,27)/b15-9+. The van der Waals surface area contributed by atoms with E-state index in [1.807, 2.05) is 24.3 Å². The molecule has 0 atom stereocenters. The molecule has 13 heteroatoms. The van der Waals surface area contributed by atoms with Crippen molar-refractivity contribution in [2.24, 2.45) is 5.73 Å². The van der Waals surface area contributed by atoms with Crippen molar-refractivity contribution in [3.05, 3.63) is 63.5 Å². The summed E-state index contributed by atoms with van der Waals surface area (Å²) in [5.41, 5.74) is 5.95. The number of nitrogens with two attached hydrogens (primary N) is 1. The lowest BCUT2D eigenvalue weighted by molar-refractivity contribution is -0.126. The van der Waals surface area contributed by atoms with Gasteiger partial charge in [-0.2, -0.15) is 0 Å². The van der Waals surface area contributed by atoms with Crippen LogP contribution in [0.3, 0.4) is 0 Å². The number of halogens is 1. The molecule has 0 radical (unpaired) electrons. The first kappa shape index (κ1) is 23.9. The van der Waals surface area contributed by atoms with E-state index in [1.54, 1.807) is 10.8 Å². The van der Waals surface area contributed by atoms with E-state index in [-0.39, 0.29) is 21.7 Å². The molecule has 0 aliphatic carbocycles. The van der Waals surface area contributed by atoms with Gasteiger partial charge < -0.3 is 11.1 Å². The van der Waals surface area contributed by atoms with E-state index in [9.17, 15) is 22.8 Å². The molecule has 0 aromatic heterocycles. The summed E-state index contributed by atoms with van der Waals surface area (Å²) in [6.07, 6.45) is 1.70. The van der Waals surface area contributed by atoms with E-state index in [4.69, 9.17) is 18.0 Å². The molecular weight excluding hydrogens is 540 g/mol. The van der Waals surface area contributed by atoms with Crippen LogP contribution in [0, 0.1) is 0 Å². The Hall–Kier alpha value is -2.74. The number of primary amides is 1. The van der Waals surface area contributed by atoms with Gasteiger partial charge in [0, 0.05) is 10.2 Å². The zero-order valence-corrected chi connectivity index (χ0v) is 20.1. The lowest BCUT2D eigenvalue weighted by Gasteiger charge is -2.14. The molecule has 166 valence electrons. The van der Waals surface area contributed by atoms with Gasteiger partial charge in [-0.05, 0) is 48.0 Å². The summed E-state index contributed by atoms with van der Waals surface area (Å²) in [6.45, 7) is -0.300. The second-order valence-electron chi connectivity index (χ2n) is 6.36. The average molecular weight is 555 g/mol. The SMILES string of the molecule is NC(=O)NS(=O)(=O)c1ccc(NC(=O)CN2C(=O)/C(=C\c3ccc(Br)cc3)SC2=S)cc1. The van der Waals surface area contributed by atoms with Gasteiger partial charge in [0.1, 0.15) is 10.9 Å². The summed E-state index contributed by atoms with van der Waals surface area (Å²) < 4.78 is 26.6. The fraction of sp³-hybridized carbons (Fsp3) is 0.0526. The molecule has 1 aliphatic heterocycles. The van der Waals surface area contributed by atoms with E-state index in [0.717, 1.165) is 21.8 Å². The number of hydrogen-bond acceptors (Lipinski definition) is 7. The van der Waals surface area contributed by atoms with E-state index in [2.05, 4.69) is 21.2 Å². The third kappa shape index (κ3) is 5.94. The van der Waals surface area contributed by atoms with Gasteiger partial charge in [-0.15, -0.1) is 0 Å². The number of nitrogens with one attached hydrogen (secondary N) is 2. The van der Waals surface area contributed by atoms with Crippen molar-refractivity contribution in [1.29, 1.82) is 0 Å². The summed E-state index contributed by atoms with van der Waals surface area (Å²) in [4.78, 5) is 37.2. The number of carbonyl (C=O) groups excluding carboxylic acids is 3. The number of thiocarbonyl (C=S) groups is 1. The third-order valence-electron chi connectivity index (χ3n) is 4.03. The summed E-state index contributed by atoms with van der Waals surface area (Å²) in [5, 5.41) is 2.57. The Morgan fingerprint density at radius 2 is 1.75 bits per heavy atom. The van der Waals surface area contributed by atoms with E-state index < -0.39 is 22.0 Å². The molecule has 1 heterocycles. The van der Waals surface area contributed by atoms with Gasteiger partial charge in [-0.1, -0.05) is 52.0 Å². The van der Waals surface area contributed by atoms with Crippen LogP contribution in [0.4, 0.5) is 10.5 Å². The predicted molar refractivity (Wildman–Crippen MR) is 129 cm³/mol. The lowest BCUT2D eigenvalue weighted by Crippen LogP contribution is -2.36. The number of anilines is 1. The minimum atomic E-state index is -4.09. The quantitative estimate of drug-likeness (QED) is 0.368. The molecule has 1 fully saturated rings. The Bertz CT molecular complexity index is 1230. The first-order chi connectivity index (χ1) is 15.0. The first-order valence-corrected chi connectivity index (χ1v) is 12.3. The summed E-state index contributed by atoms with van der Waals surface area (Å²) in [5.74, 6) is -0.894. The van der Waals surface area contributed by atoms with Crippen LogP contribution in [0.15, 0.2) is 62.8 Å². The number of carbonyl (C=O) groups is 3. The van der Waals surface area contributed by atoms with Gasteiger partial charge in [0.25, 0.3) is 15.9 Å². The molecule has 0 spiro atoms.